The average Bonchev–Trinajstić information content (AvgIpc) is 3.70. The van der Waals surface area contributed by atoms with Gasteiger partial charge in [0.25, 0.3) is 0 Å². The van der Waals surface area contributed by atoms with E-state index in [2.05, 4.69) is 0 Å². The first-order valence-electron chi connectivity index (χ1n) is 16.6. The van der Waals surface area contributed by atoms with Crippen LogP contribution in [0.4, 0.5) is 5.69 Å². The summed E-state index contributed by atoms with van der Waals surface area (Å²) >= 11 is 0. The summed E-state index contributed by atoms with van der Waals surface area (Å²) in [6.45, 7) is 0. The van der Waals surface area contributed by atoms with Gasteiger partial charge in [0.05, 0.1) is 55.2 Å². The lowest BCUT2D eigenvalue weighted by molar-refractivity contribution is -0.130. The van der Waals surface area contributed by atoms with Crippen LogP contribution in [0.1, 0.15) is 32.6 Å². The van der Waals surface area contributed by atoms with Gasteiger partial charge in [-0.25, -0.2) is 9.69 Å². The number of imide groups is 1. The van der Waals surface area contributed by atoms with Crippen LogP contribution in [0.2, 0.25) is 0 Å². The molecule has 4 unspecified atom stereocenters. The van der Waals surface area contributed by atoms with Crippen molar-refractivity contribution in [3.8, 4) is 11.5 Å². The highest BCUT2D eigenvalue weighted by atomic mass is 16.5. The number of anilines is 1. The van der Waals surface area contributed by atoms with Gasteiger partial charge in [-0.05, 0) is 81.9 Å². The Morgan fingerprint density at radius 2 is 0.961 bits per heavy atom. The molecule has 5 aromatic rings. The Balaban J connectivity index is 1.49. The number of benzene rings is 5. The summed E-state index contributed by atoms with van der Waals surface area (Å²) in [5.41, 5.74) is 1.53. The number of ketones is 1. The van der Waals surface area contributed by atoms with Gasteiger partial charge in [0.15, 0.2) is 5.78 Å². The molecule has 8 nitrogen and oxygen atoms in total. The molecule has 1 aliphatic heterocycles. The third kappa shape index (κ3) is 4.26. The number of carbonyl (C=O) groups is 4. The molecule has 3 aliphatic rings. The Morgan fingerprint density at radius 3 is 1.33 bits per heavy atom. The predicted octanol–water partition coefficient (Wildman–Crippen LogP) is 6.68. The van der Waals surface area contributed by atoms with Crippen molar-refractivity contribution in [2.75, 3.05) is 26.2 Å². The van der Waals surface area contributed by atoms with Crippen molar-refractivity contribution in [1.29, 1.82) is 0 Å². The molecule has 8 rings (SSSR count). The molecule has 2 bridgehead atoms. The first kappa shape index (κ1) is 32.0. The molecule has 1 saturated heterocycles. The summed E-state index contributed by atoms with van der Waals surface area (Å²) in [7, 11) is 4.47. The van der Waals surface area contributed by atoms with Crippen molar-refractivity contribution in [2.45, 2.75) is 10.8 Å². The van der Waals surface area contributed by atoms with Crippen LogP contribution >= 0.6 is 0 Å². The number of rotatable bonds is 8. The predicted molar refractivity (Wildman–Crippen MR) is 191 cm³/mol. The number of Topliss-reactive ketones (excluding diaryl/α,β-unsaturated/α-hetero) is 1. The molecule has 8 heteroatoms. The monoisotopic (exact) mass is 675 g/mol. The summed E-state index contributed by atoms with van der Waals surface area (Å²) in [6, 6.07) is 39.9. The second-order valence-electron chi connectivity index (χ2n) is 12.9. The van der Waals surface area contributed by atoms with E-state index in [1.54, 1.807) is 26.4 Å². The summed E-state index contributed by atoms with van der Waals surface area (Å²) in [5.74, 6) is -2.61. The molecule has 51 heavy (non-hydrogen) atoms. The number of carbonyl (C=O) groups excluding carboxylic acids is 4. The fourth-order valence-corrected chi connectivity index (χ4v) is 8.76. The molecule has 2 aliphatic carbocycles. The second-order valence-corrected chi connectivity index (χ2v) is 12.9. The zero-order valence-corrected chi connectivity index (χ0v) is 28.2. The molecule has 0 radical (unpaired) electrons. The van der Waals surface area contributed by atoms with Gasteiger partial charge in [-0.1, -0.05) is 84.9 Å². The van der Waals surface area contributed by atoms with Crippen LogP contribution in [0, 0.1) is 11.8 Å². The van der Waals surface area contributed by atoms with E-state index in [-0.39, 0.29) is 11.3 Å². The molecule has 0 spiro atoms. The third-order valence-corrected chi connectivity index (χ3v) is 10.8. The highest BCUT2D eigenvalue weighted by molar-refractivity contribution is 6.39. The number of methoxy groups -OCH3 is 3. The number of esters is 1. The van der Waals surface area contributed by atoms with E-state index < -0.39 is 40.4 Å². The van der Waals surface area contributed by atoms with Crippen molar-refractivity contribution in [1.82, 2.24) is 0 Å². The van der Waals surface area contributed by atoms with Crippen LogP contribution in [-0.2, 0) is 30.0 Å². The van der Waals surface area contributed by atoms with Gasteiger partial charge < -0.3 is 14.2 Å². The normalized spacial score (nSPS) is 23.4. The average molecular weight is 676 g/mol. The van der Waals surface area contributed by atoms with Gasteiger partial charge in [-0.15, -0.1) is 0 Å². The SMILES string of the molecule is COC(=O)c1ccc(N2C(=O)C3C(C2=O)C2(c4ccccc4)C(=O)C3(c3ccccc3)C(c3ccc(OC)cc3)=C2c2ccc(OC)cc2)cc1. The maximum atomic E-state index is 16.1. The van der Waals surface area contributed by atoms with Crippen molar-refractivity contribution in [2.24, 2.45) is 11.8 Å². The third-order valence-electron chi connectivity index (χ3n) is 10.8. The van der Waals surface area contributed by atoms with E-state index in [4.69, 9.17) is 14.2 Å². The number of ether oxygens (including phenoxy) is 3. The van der Waals surface area contributed by atoms with Crippen molar-refractivity contribution in [3.63, 3.8) is 0 Å². The van der Waals surface area contributed by atoms with Crippen LogP contribution in [0.5, 0.6) is 11.5 Å². The summed E-state index contributed by atoms with van der Waals surface area (Å²) in [6.07, 6.45) is 0. The quantitative estimate of drug-likeness (QED) is 0.134. The Hall–Kier alpha value is -6.28. The Labute approximate surface area is 294 Å². The molecule has 5 aromatic carbocycles. The van der Waals surface area contributed by atoms with Crippen LogP contribution in [0.3, 0.4) is 0 Å². The zero-order valence-electron chi connectivity index (χ0n) is 28.2. The van der Waals surface area contributed by atoms with Crippen LogP contribution in [0.15, 0.2) is 133 Å². The van der Waals surface area contributed by atoms with Crippen LogP contribution in [-0.4, -0.2) is 44.9 Å². The molecule has 252 valence electrons. The highest BCUT2D eigenvalue weighted by Crippen LogP contribution is 2.74. The number of fused-ring (bicyclic) bond motifs is 5. The molecule has 2 amide bonds. The van der Waals surface area contributed by atoms with Crippen molar-refractivity contribution in [3.05, 3.63) is 161 Å². The molecule has 1 heterocycles. The lowest BCUT2D eigenvalue weighted by Crippen LogP contribution is -2.45. The first-order valence-corrected chi connectivity index (χ1v) is 16.6. The summed E-state index contributed by atoms with van der Waals surface area (Å²) in [5, 5.41) is 0. The van der Waals surface area contributed by atoms with Gasteiger partial charge in [-0.3, -0.25) is 14.4 Å². The zero-order chi connectivity index (χ0) is 35.5. The van der Waals surface area contributed by atoms with Gasteiger partial charge in [0.2, 0.25) is 11.8 Å². The number of hydrogen-bond acceptors (Lipinski definition) is 7. The van der Waals surface area contributed by atoms with Crippen LogP contribution < -0.4 is 14.4 Å². The first-order chi connectivity index (χ1) is 24.8. The molecule has 1 saturated carbocycles. The number of allylic oxidation sites excluding steroid dienone is 2. The van der Waals surface area contributed by atoms with Gasteiger partial charge in [0.1, 0.15) is 11.5 Å². The Kier molecular flexibility index (Phi) is 7.49. The minimum Gasteiger partial charge on any atom is -0.497 e. The lowest BCUT2D eigenvalue weighted by Gasteiger charge is -2.39. The number of hydrogen-bond donors (Lipinski definition) is 0. The molecule has 0 N–H and O–H groups in total. The van der Waals surface area contributed by atoms with Crippen molar-refractivity contribution < 1.29 is 33.4 Å². The van der Waals surface area contributed by atoms with E-state index in [0.717, 1.165) is 11.1 Å². The largest absolute Gasteiger partial charge is 0.497 e. The minimum absolute atomic E-state index is 0.221. The maximum absolute atomic E-state index is 16.1. The molecule has 0 aromatic heterocycles. The number of amides is 2. The van der Waals surface area contributed by atoms with E-state index >= 15 is 14.4 Å². The van der Waals surface area contributed by atoms with E-state index in [9.17, 15) is 4.79 Å². The van der Waals surface area contributed by atoms with Crippen molar-refractivity contribution >= 4 is 40.4 Å². The number of nitrogens with zero attached hydrogens (tertiary/aromatic N) is 1. The standard InChI is InChI=1S/C43H33NO7/c1-49-32-22-16-26(17-23-32)34-35(27-18-24-33(50-2)25-19-27)43(30-12-8-5-9-13-30)37-36(42(34,41(43)48)29-10-6-4-7-11-29)38(45)44(39(37)46)31-20-14-28(15-21-31)40(47)51-3/h4-25,36-37H,1-3H3. The molecular weight excluding hydrogens is 642 g/mol. The molecular formula is C43H33NO7. The van der Waals surface area contributed by atoms with E-state index in [1.807, 2.05) is 109 Å². The Morgan fingerprint density at radius 1 is 0.549 bits per heavy atom. The summed E-state index contributed by atoms with van der Waals surface area (Å²) in [4.78, 5) is 59.8. The lowest BCUT2D eigenvalue weighted by atomic mass is 9.59. The topological polar surface area (TPSA) is 99.2 Å². The second kappa shape index (κ2) is 11.9. The van der Waals surface area contributed by atoms with E-state index in [1.165, 1.54) is 24.1 Å². The highest BCUT2D eigenvalue weighted by Gasteiger charge is 2.82. The van der Waals surface area contributed by atoms with Gasteiger partial charge in [-0.2, -0.15) is 0 Å². The molecule has 2 fully saturated rings. The maximum Gasteiger partial charge on any atom is 0.337 e. The summed E-state index contributed by atoms with van der Waals surface area (Å²) < 4.78 is 15.9. The molecule has 4 atom stereocenters. The Bertz CT molecular complexity index is 2100. The van der Waals surface area contributed by atoms with Gasteiger partial charge in [0, 0.05) is 0 Å². The fourth-order valence-electron chi connectivity index (χ4n) is 8.76. The minimum atomic E-state index is -1.56. The van der Waals surface area contributed by atoms with E-state index in [0.29, 0.717) is 39.5 Å². The fraction of sp³-hybridized carbons (Fsp3) is 0.163. The smallest absolute Gasteiger partial charge is 0.337 e. The van der Waals surface area contributed by atoms with Crippen LogP contribution in [0.25, 0.3) is 11.1 Å². The van der Waals surface area contributed by atoms with Gasteiger partial charge >= 0.3 is 5.97 Å².